The number of thiazole rings is 1. The highest BCUT2D eigenvalue weighted by molar-refractivity contribution is 7.18. The molecule has 0 bridgehead atoms. The summed E-state index contributed by atoms with van der Waals surface area (Å²) in [5, 5.41) is 3.74. The van der Waals surface area contributed by atoms with Crippen LogP contribution >= 0.6 is 11.3 Å². The second kappa shape index (κ2) is 7.45. The summed E-state index contributed by atoms with van der Waals surface area (Å²) >= 11 is 1.57. The molecule has 4 nitrogen and oxygen atoms in total. The van der Waals surface area contributed by atoms with E-state index >= 15 is 0 Å². The van der Waals surface area contributed by atoms with Crippen LogP contribution in [0.2, 0.25) is 0 Å². The minimum Gasteiger partial charge on any atom is -0.352 e. The maximum absolute atomic E-state index is 12.2. The van der Waals surface area contributed by atoms with Crippen molar-refractivity contribution in [2.45, 2.75) is 13.0 Å². The molecule has 4 aromatic rings. The van der Waals surface area contributed by atoms with Gasteiger partial charge in [0.1, 0.15) is 5.01 Å². The molecule has 2 heterocycles. The molecule has 2 aromatic heterocycles. The highest BCUT2D eigenvalue weighted by atomic mass is 32.1. The predicted octanol–water partition coefficient (Wildman–Crippen LogP) is 4.22. The number of carbonyl (C=O) groups excluding carboxylic acids is 1. The van der Waals surface area contributed by atoms with Gasteiger partial charge in [0.2, 0.25) is 5.91 Å². The van der Waals surface area contributed by atoms with E-state index in [-0.39, 0.29) is 5.91 Å². The molecule has 0 radical (unpaired) electrons. The van der Waals surface area contributed by atoms with Crippen LogP contribution in [-0.2, 0) is 17.8 Å². The van der Waals surface area contributed by atoms with Gasteiger partial charge in [-0.1, -0.05) is 42.5 Å². The van der Waals surface area contributed by atoms with Crippen LogP contribution in [-0.4, -0.2) is 15.9 Å². The van der Waals surface area contributed by atoms with Crippen molar-refractivity contribution in [1.29, 1.82) is 0 Å². The molecule has 0 aliphatic carbocycles. The molecule has 0 atom stereocenters. The fourth-order valence-corrected chi connectivity index (χ4v) is 3.77. The summed E-state index contributed by atoms with van der Waals surface area (Å²) in [5.41, 5.74) is 4.26. The number of amides is 1. The molecule has 0 unspecified atom stereocenters. The van der Waals surface area contributed by atoms with Crippen molar-refractivity contribution in [3.05, 3.63) is 83.6 Å². The van der Waals surface area contributed by atoms with Gasteiger partial charge in [0.05, 0.1) is 16.6 Å². The monoisotopic (exact) mass is 359 g/mol. The van der Waals surface area contributed by atoms with Crippen LogP contribution in [0, 0.1) is 0 Å². The van der Waals surface area contributed by atoms with Gasteiger partial charge in [0, 0.05) is 18.9 Å². The molecule has 0 aliphatic rings. The van der Waals surface area contributed by atoms with Gasteiger partial charge in [-0.25, -0.2) is 4.98 Å². The van der Waals surface area contributed by atoms with Gasteiger partial charge < -0.3 is 5.32 Å². The maximum atomic E-state index is 12.2. The van der Waals surface area contributed by atoms with Gasteiger partial charge >= 0.3 is 0 Å². The van der Waals surface area contributed by atoms with E-state index < -0.39 is 0 Å². The first-order valence-corrected chi connectivity index (χ1v) is 9.20. The number of carbonyl (C=O) groups is 1. The van der Waals surface area contributed by atoms with Crippen molar-refractivity contribution in [3.63, 3.8) is 0 Å². The first-order chi connectivity index (χ1) is 12.8. The molecule has 1 amide bonds. The molecular formula is C21H17N3OS. The Morgan fingerprint density at radius 3 is 2.69 bits per heavy atom. The predicted molar refractivity (Wildman–Crippen MR) is 105 cm³/mol. The van der Waals surface area contributed by atoms with Gasteiger partial charge in [0.25, 0.3) is 0 Å². The zero-order valence-electron chi connectivity index (χ0n) is 14.1. The number of aromatic nitrogens is 2. The molecule has 0 saturated heterocycles. The number of rotatable bonds is 5. The Balaban J connectivity index is 1.46. The van der Waals surface area contributed by atoms with Gasteiger partial charge in [-0.2, -0.15) is 0 Å². The molecule has 1 N–H and O–H groups in total. The van der Waals surface area contributed by atoms with E-state index in [9.17, 15) is 4.79 Å². The number of hydrogen-bond acceptors (Lipinski definition) is 4. The standard InChI is InChI=1S/C21H17N3OS/c25-20(23-14-15-5-4-10-22-13-15)12-21-24-18-9-8-17(11-19(18)26-21)16-6-2-1-3-7-16/h1-11,13H,12,14H2,(H,23,25). The maximum Gasteiger partial charge on any atom is 0.227 e. The summed E-state index contributed by atoms with van der Waals surface area (Å²) < 4.78 is 1.10. The molecule has 0 aliphatic heterocycles. The van der Waals surface area contributed by atoms with E-state index in [2.05, 4.69) is 39.6 Å². The minimum atomic E-state index is -0.0313. The second-order valence-corrected chi connectivity index (χ2v) is 7.09. The Morgan fingerprint density at radius 1 is 1.00 bits per heavy atom. The van der Waals surface area contributed by atoms with Gasteiger partial charge in [-0.15, -0.1) is 11.3 Å². The zero-order valence-corrected chi connectivity index (χ0v) is 14.9. The van der Waals surface area contributed by atoms with Crippen molar-refractivity contribution in [2.75, 3.05) is 0 Å². The number of nitrogens with zero attached hydrogens (tertiary/aromatic N) is 2. The van der Waals surface area contributed by atoms with Crippen molar-refractivity contribution in [2.24, 2.45) is 0 Å². The number of fused-ring (bicyclic) bond motifs is 1. The Morgan fingerprint density at radius 2 is 1.88 bits per heavy atom. The van der Waals surface area contributed by atoms with E-state index in [0.717, 1.165) is 26.4 Å². The lowest BCUT2D eigenvalue weighted by Gasteiger charge is -2.03. The van der Waals surface area contributed by atoms with Crippen LogP contribution in [0.3, 0.4) is 0 Å². The van der Waals surface area contributed by atoms with Crippen molar-refractivity contribution in [3.8, 4) is 11.1 Å². The SMILES string of the molecule is O=C(Cc1nc2ccc(-c3ccccc3)cc2s1)NCc1cccnc1. The highest BCUT2D eigenvalue weighted by Gasteiger charge is 2.10. The third-order valence-corrected chi connectivity index (χ3v) is 5.08. The Bertz CT molecular complexity index is 1030. The second-order valence-electron chi connectivity index (χ2n) is 5.97. The molecule has 0 saturated carbocycles. The van der Waals surface area contributed by atoms with E-state index in [1.807, 2.05) is 36.4 Å². The minimum absolute atomic E-state index is 0.0313. The normalized spacial score (nSPS) is 10.8. The number of hydrogen-bond donors (Lipinski definition) is 1. The van der Waals surface area contributed by atoms with E-state index in [1.165, 1.54) is 5.56 Å². The summed E-state index contributed by atoms with van der Waals surface area (Å²) in [4.78, 5) is 20.8. The molecule has 128 valence electrons. The van der Waals surface area contributed by atoms with Gasteiger partial charge in [-0.3, -0.25) is 9.78 Å². The lowest BCUT2D eigenvalue weighted by atomic mass is 10.1. The van der Waals surface area contributed by atoms with Crippen LogP contribution in [0.4, 0.5) is 0 Å². The van der Waals surface area contributed by atoms with Crippen LogP contribution in [0.15, 0.2) is 73.1 Å². The molecule has 4 rings (SSSR count). The first-order valence-electron chi connectivity index (χ1n) is 8.38. The number of pyridine rings is 1. The third-order valence-electron chi connectivity index (χ3n) is 4.06. The molecular weight excluding hydrogens is 342 g/mol. The third kappa shape index (κ3) is 3.78. The summed E-state index contributed by atoms with van der Waals surface area (Å²) in [7, 11) is 0. The fourth-order valence-electron chi connectivity index (χ4n) is 2.76. The molecule has 2 aromatic carbocycles. The van der Waals surface area contributed by atoms with Crippen LogP contribution < -0.4 is 5.32 Å². The Hall–Kier alpha value is -3.05. The summed E-state index contributed by atoms with van der Waals surface area (Å²) in [6.45, 7) is 0.482. The van der Waals surface area contributed by atoms with Crippen molar-refractivity contribution in [1.82, 2.24) is 15.3 Å². The molecule has 26 heavy (non-hydrogen) atoms. The smallest absolute Gasteiger partial charge is 0.227 e. The largest absolute Gasteiger partial charge is 0.352 e. The van der Waals surface area contributed by atoms with Gasteiger partial charge in [-0.05, 0) is 34.9 Å². The highest BCUT2D eigenvalue weighted by Crippen LogP contribution is 2.28. The number of nitrogens with one attached hydrogen (secondary N) is 1. The Labute approximate surface area is 155 Å². The van der Waals surface area contributed by atoms with Crippen molar-refractivity contribution < 1.29 is 4.79 Å². The van der Waals surface area contributed by atoms with Crippen LogP contribution in [0.1, 0.15) is 10.6 Å². The summed E-state index contributed by atoms with van der Waals surface area (Å²) in [5.74, 6) is -0.0313. The Kier molecular flexibility index (Phi) is 4.71. The average Bonchev–Trinajstić information content (AvgIpc) is 3.09. The topological polar surface area (TPSA) is 54.9 Å². The van der Waals surface area contributed by atoms with Crippen molar-refractivity contribution >= 4 is 27.5 Å². The molecule has 5 heteroatoms. The van der Waals surface area contributed by atoms with E-state index in [4.69, 9.17) is 0 Å². The molecule has 0 fully saturated rings. The summed E-state index contributed by atoms with van der Waals surface area (Å²) in [6, 6.07) is 20.3. The average molecular weight is 359 g/mol. The molecule has 0 spiro atoms. The zero-order chi connectivity index (χ0) is 17.8. The van der Waals surface area contributed by atoms with E-state index in [1.54, 1.807) is 23.7 Å². The quantitative estimate of drug-likeness (QED) is 0.580. The number of benzene rings is 2. The van der Waals surface area contributed by atoms with E-state index in [0.29, 0.717) is 13.0 Å². The van der Waals surface area contributed by atoms with Gasteiger partial charge in [0.15, 0.2) is 0 Å². The summed E-state index contributed by atoms with van der Waals surface area (Å²) in [6.07, 6.45) is 3.76. The first kappa shape index (κ1) is 16.4. The van der Waals surface area contributed by atoms with Crippen LogP contribution in [0.25, 0.3) is 21.3 Å². The fraction of sp³-hybridized carbons (Fsp3) is 0.0952. The van der Waals surface area contributed by atoms with Crippen LogP contribution in [0.5, 0.6) is 0 Å². The lowest BCUT2D eigenvalue weighted by Crippen LogP contribution is -2.24. The lowest BCUT2D eigenvalue weighted by molar-refractivity contribution is -0.120.